The lowest BCUT2D eigenvalue weighted by atomic mass is 9.96. The molecule has 0 spiro atoms. The van der Waals surface area contributed by atoms with Crippen molar-refractivity contribution in [2.75, 3.05) is 63.0 Å². The Bertz CT molecular complexity index is 1050. The lowest BCUT2D eigenvalue weighted by Gasteiger charge is -2.20. The maximum absolute atomic E-state index is 11.7. The molecule has 0 amide bonds. The summed E-state index contributed by atoms with van der Waals surface area (Å²) < 4.78 is 0.983. The zero-order valence-corrected chi connectivity index (χ0v) is 30.4. The molecule has 42 heavy (non-hydrogen) atoms. The standard InChI is InChI=1S/C16H28N2OS.C14H24N2OS.2C2H6/c1-5-10-18(6-2)11-8-7-9-17-14-13(12(3)4)16(20)15(14)19;1-3-8-16(9-4-2)10-6-5-7-15-12-11-13(18)14(12)17;2*1-2/h12,17H,5-11H2,1-4H3;11,15H,3-10H2,1-2H3;2*1-2H3. The lowest BCUT2D eigenvalue weighted by Crippen LogP contribution is -2.27. The maximum atomic E-state index is 11.7. The zero-order chi connectivity index (χ0) is 32.5. The largest absolute Gasteiger partial charge is 0.382 e. The molecule has 0 atom stereocenters. The summed E-state index contributed by atoms with van der Waals surface area (Å²) in [5, 5.41) is 6.42. The van der Waals surface area contributed by atoms with E-state index >= 15 is 0 Å². The van der Waals surface area contributed by atoms with Crippen molar-refractivity contribution < 1.29 is 0 Å². The summed E-state index contributed by atoms with van der Waals surface area (Å²) in [6, 6.07) is 1.75. The molecule has 0 aliphatic carbocycles. The minimum absolute atomic E-state index is 0.00333. The van der Waals surface area contributed by atoms with Crippen molar-refractivity contribution >= 4 is 35.8 Å². The van der Waals surface area contributed by atoms with Crippen molar-refractivity contribution in [2.24, 2.45) is 0 Å². The topological polar surface area (TPSA) is 64.7 Å². The highest BCUT2D eigenvalue weighted by molar-refractivity contribution is 7.71. The van der Waals surface area contributed by atoms with Crippen molar-refractivity contribution in [1.29, 1.82) is 0 Å². The predicted octanol–water partition coefficient (Wildman–Crippen LogP) is 8.72. The SMILES string of the molecule is CC.CC.CCCN(CC)CCCCNc1c(C(C)C)c(=S)c1=O.CCCN(CCC)CCCCNc1cc(=S)c1=O. The van der Waals surface area contributed by atoms with Crippen LogP contribution in [0.1, 0.15) is 126 Å². The Morgan fingerprint density at radius 3 is 1.60 bits per heavy atom. The first-order valence-electron chi connectivity index (χ1n) is 16.8. The van der Waals surface area contributed by atoms with E-state index in [-0.39, 0.29) is 10.9 Å². The molecule has 0 heterocycles. The van der Waals surface area contributed by atoms with E-state index in [4.69, 9.17) is 24.4 Å². The van der Waals surface area contributed by atoms with E-state index in [0.29, 0.717) is 20.6 Å². The van der Waals surface area contributed by atoms with Crippen molar-refractivity contribution in [3.8, 4) is 0 Å². The highest BCUT2D eigenvalue weighted by atomic mass is 32.1. The fraction of sp³-hybridized carbons (Fsp3) is 0.765. The van der Waals surface area contributed by atoms with E-state index in [1.165, 1.54) is 51.7 Å². The Hall–Kier alpha value is -1.48. The molecule has 0 saturated heterocycles. The molecule has 0 aliphatic rings. The number of hydrogen-bond acceptors (Lipinski definition) is 8. The van der Waals surface area contributed by atoms with Gasteiger partial charge in [-0.2, -0.15) is 0 Å². The van der Waals surface area contributed by atoms with Gasteiger partial charge >= 0.3 is 0 Å². The van der Waals surface area contributed by atoms with Crippen LogP contribution in [0.3, 0.4) is 0 Å². The van der Waals surface area contributed by atoms with Crippen LogP contribution >= 0.6 is 24.4 Å². The quantitative estimate of drug-likeness (QED) is 0.112. The van der Waals surface area contributed by atoms with Crippen LogP contribution < -0.4 is 21.5 Å². The fourth-order valence-electron chi connectivity index (χ4n) is 4.65. The van der Waals surface area contributed by atoms with E-state index in [2.05, 4.69) is 62.0 Å². The Morgan fingerprint density at radius 1 is 0.690 bits per heavy atom. The molecule has 244 valence electrons. The highest BCUT2D eigenvalue weighted by Gasteiger charge is 2.19. The Labute approximate surface area is 269 Å². The first-order valence-corrected chi connectivity index (χ1v) is 17.6. The second-order valence-electron chi connectivity index (χ2n) is 10.4. The van der Waals surface area contributed by atoms with Gasteiger partial charge in [-0.05, 0) is 96.2 Å². The van der Waals surface area contributed by atoms with Gasteiger partial charge in [-0.25, -0.2) is 0 Å². The Kier molecular flexibility index (Phi) is 27.5. The monoisotopic (exact) mass is 624 g/mol. The predicted molar refractivity (Wildman–Crippen MR) is 193 cm³/mol. The third kappa shape index (κ3) is 16.4. The van der Waals surface area contributed by atoms with Gasteiger partial charge in [0.25, 0.3) is 0 Å². The van der Waals surface area contributed by atoms with Gasteiger partial charge in [0.15, 0.2) is 0 Å². The third-order valence-electron chi connectivity index (χ3n) is 6.75. The van der Waals surface area contributed by atoms with Gasteiger partial charge in [0.1, 0.15) is 0 Å². The van der Waals surface area contributed by atoms with Crippen LogP contribution in [0.2, 0.25) is 0 Å². The first kappa shape index (κ1) is 42.7. The second-order valence-corrected chi connectivity index (χ2v) is 11.2. The van der Waals surface area contributed by atoms with E-state index in [1.807, 2.05) is 27.7 Å². The summed E-state index contributed by atoms with van der Waals surface area (Å²) >= 11 is 9.91. The summed E-state index contributed by atoms with van der Waals surface area (Å²) in [7, 11) is 0. The molecule has 0 unspecified atom stereocenters. The molecule has 2 N–H and O–H groups in total. The lowest BCUT2D eigenvalue weighted by molar-refractivity contribution is 0.270. The van der Waals surface area contributed by atoms with Gasteiger partial charge in [-0.15, -0.1) is 0 Å². The normalized spacial score (nSPS) is 10.7. The van der Waals surface area contributed by atoms with E-state index in [0.717, 1.165) is 56.8 Å². The van der Waals surface area contributed by atoms with Crippen LogP contribution in [-0.4, -0.2) is 62.2 Å². The molecule has 0 radical (unpaired) electrons. The fourth-order valence-corrected chi connectivity index (χ4v) is 5.32. The van der Waals surface area contributed by atoms with Gasteiger partial charge in [-0.3, -0.25) is 9.59 Å². The zero-order valence-electron chi connectivity index (χ0n) is 28.8. The minimum Gasteiger partial charge on any atom is -0.382 e. The molecule has 0 aliphatic heterocycles. The average molecular weight is 625 g/mol. The number of nitrogens with zero attached hydrogens (tertiary/aromatic N) is 2. The molecule has 0 bridgehead atoms. The summed E-state index contributed by atoms with van der Waals surface area (Å²) in [5.41, 5.74) is 2.55. The summed E-state index contributed by atoms with van der Waals surface area (Å²) in [5.74, 6) is 0.336. The Balaban J connectivity index is 0. The molecule has 0 fully saturated rings. The van der Waals surface area contributed by atoms with Gasteiger partial charge in [-0.1, -0.05) is 93.7 Å². The van der Waals surface area contributed by atoms with Crippen LogP contribution in [0.5, 0.6) is 0 Å². The third-order valence-corrected chi connectivity index (χ3v) is 7.46. The summed E-state index contributed by atoms with van der Waals surface area (Å²) in [4.78, 5) is 27.9. The number of hydrogen-bond donors (Lipinski definition) is 2. The molecular formula is C34H64N4O2S2. The van der Waals surface area contributed by atoms with Crippen molar-refractivity contribution in [3.05, 3.63) is 41.1 Å². The number of unbranched alkanes of at least 4 members (excludes halogenated alkanes) is 2. The molecule has 2 rings (SSSR count). The van der Waals surface area contributed by atoms with Gasteiger partial charge in [0.05, 0.1) is 20.4 Å². The average Bonchev–Trinajstić information content (AvgIpc) is 3.00. The molecule has 8 heteroatoms. The molecule has 2 aromatic rings. The molecular weight excluding hydrogens is 561 g/mol. The minimum atomic E-state index is 0.00333. The highest BCUT2D eigenvalue weighted by Crippen LogP contribution is 2.25. The summed E-state index contributed by atoms with van der Waals surface area (Å²) in [6.07, 6.45) is 8.19. The van der Waals surface area contributed by atoms with Gasteiger partial charge in [0, 0.05) is 18.7 Å². The number of rotatable bonds is 20. The van der Waals surface area contributed by atoms with E-state index in [9.17, 15) is 9.59 Å². The van der Waals surface area contributed by atoms with Gasteiger partial charge in [0.2, 0.25) is 10.9 Å². The van der Waals surface area contributed by atoms with Crippen molar-refractivity contribution in [2.45, 2.75) is 120 Å². The molecule has 0 aromatic heterocycles. The van der Waals surface area contributed by atoms with E-state index in [1.54, 1.807) is 6.07 Å². The molecule has 6 nitrogen and oxygen atoms in total. The molecule has 0 saturated carbocycles. The van der Waals surface area contributed by atoms with E-state index < -0.39 is 0 Å². The van der Waals surface area contributed by atoms with Crippen molar-refractivity contribution in [1.82, 2.24) is 9.80 Å². The first-order chi connectivity index (χ1) is 20.2. The smallest absolute Gasteiger partial charge is 0.220 e. The summed E-state index contributed by atoms with van der Waals surface area (Å²) in [6.45, 7) is 29.8. The van der Waals surface area contributed by atoms with Crippen LogP contribution in [0.15, 0.2) is 15.7 Å². The second kappa shape index (κ2) is 27.1. The van der Waals surface area contributed by atoms with Gasteiger partial charge < -0.3 is 20.4 Å². The Morgan fingerprint density at radius 2 is 1.17 bits per heavy atom. The van der Waals surface area contributed by atoms with Crippen LogP contribution in [-0.2, 0) is 0 Å². The van der Waals surface area contributed by atoms with Crippen LogP contribution in [0.4, 0.5) is 11.4 Å². The number of anilines is 2. The van der Waals surface area contributed by atoms with Crippen LogP contribution in [0, 0.1) is 9.02 Å². The molecule has 2 aromatic carbocycles. The number of nitrogens with one attached hydrogen (secondary N) is 2. The van der Waals surface area contributed by atoms with Crippen LogP contribution in [0.25, 0.3) is 0 Å². The maximum Gasteiger partial charge on any atom is 0.220 e. The van der Waals surface area contributed by atoms with Crippen molar-refractivity contribution in [3.63, 3.8) is 0 Å².